The maximum atomic E-state index is 2.27. The Hall–Kier alpha value is 0.700. The van der Waals surface area contributed by atoms with Crippen LogP contribution in [0.5, 0.6) is 0 Å². The lowest BCUT2D eigenvalue weighted by atomic mass is 10.4. The van der Waals surface area contributed by atoms with Crippen molar-refractivity contribution < 1.29 is 0 Å². The molecule has 2 heteroatoms. The average molecular weight is 178 g/mol. The summed E-state index contributed by atoms with van der Waals surface area (Å²) in [6.45, 7) is 6.79. The third-order valence-corrected chi connectivity index (χ3v) is 3.97. The van der Waals surface area contributed by atoms with Gasteiger partial charge in [0.05, 0.1) is 4.58 Å². The first-order valence-electron chi connectivity index (χ1n) is 3.89. The number of thioether (sulfide) groups is 2. The fourth-order valence-electron chi connectivity index (χ4n) is 0.781. The molecule has 0 aromatic rings. The van der Waals surface area contributed by atoms with E-state index in [0.29, 0.717) is 0 Å². The van der Waals surface area contributed by atoms with E-state index < -0.39 is 0 Å². The molecular weight excluding hydrogens is 160 g/mol. The van der Waals surface area contributed by atoms with Gasteiger partial charge in [0.1, 0.15) is 0 Å². The van der Waals surface area contributed by atoms with Crippen LogP contribution in [-0.2, 0) is 0 Å². The van der Waals surface area contributed by atoms with E-state index in [-0.39, 0.29) is 0 Å². The number of hydrogen-bond acceptors (Lipinski definition) is 2. The highest BCUT2D eigenvalue weighted by molar-refractivity contribution is 8.16. The quantitative estimate of drug-likeness (QED) is 0.590. The normalized spacial score (nSPS) is 14.1. The Kier molecular flexibility index (Phi) is 6.86. The average Bonchev–Trinajstić information content (AvgIpc) is 1.86. The van der Waals surface area contributed by atoms with Crippen LogP contribution in [0.25, 0.3) is 0 Å². The molecule has 0 aromatic heterocycles. The summed E-state index contributed by atoms with van der Waals surface area (Å²) in [5.74, 6) is 0. The van der Waals surface area contributed by atoms with E-state index in [4.69, 9.17) is 0 Å². The van der Waals surface area contributed by atoms with E-state index >= 15 is 0 Å². The van der Waals surface area contributed by atoms with Gasteiger partial charge in [0.2, 0.25) is 0 Å². The van der Waals surface area contributed by atoms with Crippen molar-refractivity contribution in [1.82, 2.24) is 0 Å². The zero-order chi connectivity index (χ0) is 7.98. The van der Waals surface area contributed by atoms with Crippen molar-refractivity contribution in [2.24, 2.45) is 0 Å². The lowest BCUT2D eigenvalue weighted by Crippen LogP contribution is -2.00. The molecule has 0 saturated carbocycles. The fraction of sp³-hybridized carbons (Fsp3) is 1.00. The molecule has 10 heavy (non-hydrogen) atoms. The molecule has 0 N–H and O–H groups in total. The second kappa shape index (κ2) is 6.41. The molecular formula is C8H18S2. The van der Waals surface area contributed by atoms with Gasteiger partial charge in [0, 0.05) is 5.25 Å². The lowest BCUT2D eigenvalue weighted by molar-refractivity contribution is 0.867. The smallest absolute Gasteiger partial charge is 0.0502 e. The summed E-state index contributed by atoms with van der Waals surface area (Å²) in [5.41, 5.74) is 0. The summed E-state index contributed by atoms with van der Waals surface area (Å²) in [4.78, 5) is 0. The predicted molar refractivity (Wildman–Crippen MR) is 54.9 cm³/mol. The van der Waals surface area contributed by atoms with E-state index in [2.05, 4.69) is 38.8 Å². The van der Waals surface area contributed by atoms with Gasteiger partial charge >= 0.3 is 0 Å². The van der Waals surface area contributed by atoms with Crippen LogP contribution in [0.4, 0.5) is 0 Å². The van der Waals surface area contributed by atoms with Crippen LogP contribution >= 0.6 is 23.5 Å². The SMILES string of the molecule is CCCC(SC)SC(C)C. The van der Waals surface area contributed by atoms with Gasteiger partial charge in [0.25, 0.3) is 0 Å². The molecule has 0 radical (unpaired) electrons. The maximum absolute atomic E-state index is 2.27. The molecule has 0 aliphatic heterocycles. The Morgan fingerprint density at radius 3 is 2.20 bits per heavy atom. The zero-order valence-electron chi connectivity index (χ0n) is 7.39. The first-order valence-corrected chi connectivity index (χ1v) is 6.12. The maximum Gasteiger partial charge on any atom is 0.0502 e. The van der Waals surface area contributed by atoms with Crippen LogP contribution < -0.4 is 0 Å². The summed E-state index contributed by atoms with van der Waals surface area (Å²) >= 11 is 4.07. The number of hydrogen-bond donors (Lipinski definition) is 0. The topological polar surface area (TPSA) is 0 Å². The molecule has 0 aliphatic carbocycles. The largest absolute Gasteiger partial charge is 0.151 e. The van der Waals surface area contributed by atoms with Gasteiger partial charge < -0.3 is 0 Å². The van der Waals surface area contributed by atoms with Gasteiger partial charge in [-0.25, -0.2) is 0 Å². The minimum Gasteiger partial charge on any atom is -0.151 e. The highest BCUT2D eigenvalue weighted by Gasteiger charge is 2.07. The van der Waals surface area contributed by atoms with Crippen LogP contribution in [0.1, 0.15) is 33.6 Å². The molecule has 0 aliphatic rings. The van der Waals surface area contributed by atoms with E-state index in [1.165, 1.54) is 12.8 Å². The predicted octanol–water partition coefficient (Wildman–Crippen LogP) is 3.62. The Bertz CT molecular complexity index is 71.7. The van der Waals surface area contributed by atoms with E-state index in [9.17, 15) is 0 Å². The Labute approximate surface area is 73.5 Å². The van der Waals surface area contributed by atoms with E-state index in [1.54, 1.807) is 0 Å². The summed E-state index contributed by atoms with van der Waals surface area (Å²) < 4.78 is 0.824. The van der Waals surface area contributed by atoms with E-state index in [0.717, 1.165) is 9.83 Å². The first-order chi connectivity index (χ1) is 4.70. The van der Waals surface area contributed by atoms with Crippen molar-refractivity contribution in [3.63, 3.8) is 0 Å². The molecule has 0 spiro atoms. The van der Waals surface area contributed by atoms with Crippen molar-refractivity contribution in [3.05, 3.63) is 0 Å². The molecule has 0 nitrogen and oxygen atoms in total. The molecule has 1 atom stereocenters. The van der Waals surface area contributed by atoms with Crippen molar-refractivity contribution in [1.29, 1.82) is 0 Å². The Morgan fingerprint density at radius 2 is 1.90 bits per heavy atom. The van der Waals surface area contributed by atoms with Gasteiger partial charge in [-0.2, -0.15) is 11.8 Å². The molecule has 0 amide bonds. The Balaban J connectivity index is 3.39. The Morgan fingerprint density at radius 1 is 1.30 bits per heavy atom. The zero-order valence-corrected chi connectivity index (χ0v) is 9.02. The van der Waals surface area contributed by atoms with Crippen molar-refractivity contribution in [2.45, 2.75) is 43.4 Å². The highest BCUT2D eigenvalue weighted by atomic mass is 32.2. The third kappa shape index (κ3) is 5.48. The molecule has 0 fully saturated rings. The van der Waals surface area contributed by atoms with Crippen LogP contribution in [0.3, 0.4) is 0 Å². The molecule has 0 bridgehead atoms. The van der Waals surface area contributed by atoms with Crippen molar-refractivity contribution in [3.8, 4) is 0 Å². The third-order valence-electron chi connectivity index (χ3n) is 1.21. The van der Waals surface area contributed by atoms with Gasteiger partial charge in [-0.05, 0) is 12.7 Å². The molecule has 0 rings (SSSR count). The first kappa shape index (κ1) is 10.7. The van der Waals surface area contributed by atoms with Gasteiger partial charge in [-0.3, -0.25) is 0 Å². The second-order valence-corrected chi connectivity index (χ2v) is 5.76. The summed E-state index contributed by atoms with van der Waals surface area (Å²) in [5, 5.41) is 0.781. The van der Waals surface area contributed by atoms with Gasteiger partial charge in [-0.1, -0.05) is 27.2 Å². The lowest BCUT2D eigenvalue weighted by Gasteiger charge is -2.14. The van der Waals surface area contributed by atoms with Crippen molar-refractivity contribution >= 4 is 23.5 Å². The molecule has 0 saturated heterocycles. The van der Waals surface area contributed by atoms with Crippen LogP contribution in [-0.4, -0.2) is 16.1 Å². The monoisotopic (exact) mass is 178 g/mol. The van der Waals surface area contributed by atoms with Gasteiger partial charge in [0.15, 0.2) is 0 Å². The standard InChI is InChI=1S/C8H18S2/c1-5-6-8(9-4)10-7(2)3/h7-8H,5-6H2,1-4H3. The minimum atomic E-state index is 0.781. The van der Waals surface area contributed by atoms with Crippen LogP contribution in [0.2, 0.25) is 0 Å². The summed E-state index contributed by atoms with van der Waals surface area (Å²) in [6, 6.07) is 0. The highest BCUT2D eigenvalue weighted by Crippen LogP contribution is 2.28. The van der Waals surface area contributed by atoms with Crippen LogP contribution in [0.15, 0.2) is 0 Å². The summed E-state index contributed by atoms with van der Waals surface area (Å²) in [7, 11) is 0. The molecule has 0 aromatic carbocycles. The fourth-order valence-corrected chi connectivity index (χ4v) is 3.34. The summed E-state index contributed by atoms with van der Waals surface area (Å²) in [6.07, 6.45) is 4.87. The molecule has 62 valence electrons. The number of rotatable bonds is 5. The molecule has 0 heterocycles. The van der Waals surface area contributed by atoms with Gasteiger partial charge in [-0.15, -0.1) is 11.8 Å². The second-order valence-electron chi connectivity index (χ2n) is 2.64. The van der Waals surface area contributed by atoms with Crippen molar-refractivity contribution in [2.75, 3.05) is 6.26 Å². The molecule has 1 unspecified atom stereocenters. The van der Waals surface area contributed by atoms with Crippen LogP contribution in [0, 0.1) is 0 Å². The minimum absolute atomic E-state index is 0.781. The van der Waals surface area contributed by atoms with E-state index in [1.807, 2.05) is 11.8 Å².